The zero-order valence-corrected chi connectivity index (χ0v) is 16.8. The van der Waals surface area contributed by atoms with Crippen LogP contribution in [-0.2, 0) is 21.2 Å². The second kappa shape index (κ2) is 8.35. The molecule has 2 aliphatic rings. The summed E-state index contributed by atoms with van der Waals surface area (Å²) >= 11 is 1.22. The number of rotatable bonds is 5. The first-order valence-electron chi connectivity index (χ1n) is 8.50. The Balaban J connectivity index is 0.00000225. The monoisotopic (exact) mass is 407 g/mol. The largest absolute Gasteiger partial charge is 0.339 e. The molecule has 0 radical (unpaired) electrons. The van der Waals surface area contributed by atoms with Crippen molar-refractivity contribution in [1.82, 2.24) is 9.21 Å². The topological polar surface area (TPSA) is 83.7 Å². The van der Waals surface area contributed by atoms with E-state index in [9.17, 15) is 13.2 Å². The minimum atomic E-state index is -3.39. The highest BCUT2D eigenvalue weighted by Gasteiger charge is 2.32. The van der Waals surface area contributed by atoms with Crippen LogP contribution in [0, 0.1) is 5.92 Å². The summed E-state index contributed by atoms with van der Waals surface area (Å²) in [5.74, 6) is 0.434. The summed E-state index contributed by atoms with van der Waals surface area (Å²) in [7, 11) is -3.39. The van der Waals surface area contributed by atoms with Crippen molar-refractivity contribution in [2.45, 2.75) is 42.9 Å². The van der Waals surface area contributed by atoms with Gasteiger partial charge in [-0.25, -0.2) is 8.42 Å². The highest BCUT2D eigenvalue weighted by molar-refractivity contribution is 7.91. The number of nitrogens with two attached hydrogens (primary N) is 1. The van der Waals surface area contributed by atoms with Crippen LogP contribution in [0.3, 0.4) is 0 Å². The fourth-order valence-electron chi connectivity index (χ4n) is 3.56. The molecule has 9 heteroatoms. The van der Waals surface area contributed by atoms with E-state index >= 15 is 0 Å². The van der Waals surface area contributed by atoms with Gasteiger partial charge in [0.15, 0.2) is 0 Å². The summed E-state index contributed by atoms with van der Waals surface area (Å²) < 4.78 is 27.0. The molecule has 1 aromatic heterocycles. The minimum Gasteiger partial charge on any atom is -0.339 e. The Morgan fingerprint density at radius 3 is 2.60 bits per heavy atom. The van der Waals surface area contributed by atoms with Crippen molar-refractivity contribution in [3.05, 3.63) is 17.0 Å². The lowest BCUT2D eigenvalue weighted by Gasteiger charge is -2.21. The standard InChI is InChI=1S/C16H25N3O3S2.ClH/c1-12-8-13(10-17)11-19(12)15(20)9-14-4-5-16(23-14)24(21,22)18-6-2-3-7-18;/h4-5,12-13H,2-3,6-11,17H2,1H3;1H. The Hall–Kier alpha value is -0.670. The zero-order chi connectivity index (χ0) is 17.3. The number of likely N-dealkylation sites (tertiary alicyclic amines) is 1. The SMILES string of the molecule is CC1CC(CN)CN1C(=O)Cc1ccc(S(=O)(=O)N2CCCC2)s1.Cl. The van der Waals surface area contributed by atoms with Crippen molar-refractivity contribution < 1.29 is 13.2 Å². The molecule has 2 unspecified atom stereocenters. The number of hydrogen-bond donors (Lipinski definition) is 1. The van der Waals surface area contributed by atoms with E-state index < -0.39 is 10.0 Å². The van der Waals surface area contributed by atoms with Crippen LogP contribution in [0.15, 0.2) is 16.3 Å². The van der Waals surface area contributed by atoms with Gasteiger partial charge in [-0.3, -0.25) is 4.79 Å². The molecule has 0 spiro atoms. The molecule has 2 aliphatic heterocycles. The van der Waals surface area contributed by atoms with Gasteiger partial charge in [0.25, 0.3) is 10.0 Å². The zero-order valence-electron chi connectivity index (χ0n) is 14.4. The first-order chi connectivity index (χ1) is 11.4. The van der Waals surface area contributed by atoms with Crippen molar-refractivity contribution in [3.8, 4) is 0 Å². The van der Waals surface area contributed by atoms with Gasteiger partial charge in [0, 0.05) is 30.6 Å². The van der Waals surface area contributed by atoms with Gasteiger partial charge >= 0.3 is 0 Å². The molecule has 0 aliphatic carbocycles. The van der Waals surface area contributed by atoms with Crippen molar-refractivity contribution in [2.24, 2.45) is 11.7 Å². The molecule has 2 fully saturated rings. The number of amides is 1. The number of hydrogen-bond acceptors (Lipinski definition) is 5. The lowest BCUT2D eigenvalue weighted by molar-refractivity contribution is -0.131. The number of sulfonamides is 1. The van der Waals surface area contributed by atoms with Gasteiger partial charge in [-0.15, -0.1) is 23.7 Å². The normalized spacial score (nSPS) is 24.5. The summed E-state index contributed by atoms with van der Waals surface area (Å²) in [5.41, 5.74) is 5.71. The molecular formula is C16H26ClN3O3S2. The lowest BCUT2D eigenvalue weighted by Crippen LogP contribution is -2.35. The van der Waals surface area contributed by atoms with Crippen molar-refractivity contribution >= 4 is 39.7 Å². The summed E-state index contributed by atoms with van der Waals surface area (Å²) in [4.78, 5) is 15.2. The quantitative estimate of drug-likeness (QED) is 0.805. The van der Waals surface area contributed by atoms with E-state index in [1.807, 2.05) is 11.8 Å². The summed E-state index contributed by atoms with van der Waals surface area (Å²) in [6.45, 7) is 4.55. The first kappa shape index (κ1) is 20.6. The molecule has 2 N–H and O–H groups in total. The Bertz CT molecular complexity index is 701. The maximum atomic E-state index is 12.6. The van der Waals surface area contributed by atoms with Crippen LogP contribution in [0.1, 0.15) is 31.1 Å². The van der Waals surface area contributed by atoms with Gasteiger partial charge in [0.05, 0.1) is 6.42 Å². The number of carbonyl (C=O) groups is 1. The molecule has 2 atom stereocenters. The molecule has 1 aromatic rings. The van der Waals surface area contributed by atoms with Crippen molar-refractivity contribution in [1.29, 1.82) is 0 Å². The molecule has 3 rings (SSSR count). The van der Waals surface area contributed by atoms with Gasteiger partial charge in [-0.2, -0.15) is 4.31 Å². The fraction of sp³-hybridized carbons (Fsp3) is 0.688. The smallest absolute Gasteiger partial charge is 0.252 e. The second-order valence-electron chi connectivity index (χ2n) is 6.74. The van der Waals surface area contributed by atoms with Gasteiger partial charge in [-0.05, 0) is 50.8 Å². The predicted octanol–water partition coefficient (Wildman–Crippen LogP) is 1.69. The van der Waals surface area contributed by atoms with E-state index in [1.165, 1.54) is 11.3 Å². The highest BCUT2D eigenvalue weighted by atomic mass is 35.5. The average molecular weight is 408 g/mol. The number of thiophene rings is 1. The van der Waals surface area contributed by atoms with E-state index in [-0.39, 0.29) is 30.8 Å². The Morgan fingerprint density at radius 1 is 1.32 bits per heavy atom. The molecule has 25 heavy (non-hydrogen) atoms. The molecular weight excluding hydrogens is 382 g/mol. The van der Waals surface area contributed by atoms with E-state index in [2.05, 4.69) is 0 Å². The van der Waals surface area contributed by atoms with Gasteiger partial charge in [0.1, 0.15) is 4.21 Å². The van der Waals surface area contributed by atoms with Crippen LogP contribution in [0.25, 0.3) is 0 Å². The van der Waals surface area contributed by atoms with E-state index in [0.29, 0.717) is 36.3 Å². The Labute approximate surface area is 159 Å². The summed E-state index contributed by atoms with van der Waals surface area (Å²) in [5, 5.41) is 0. The Morgan fingerprint density at radius 2 is 2.00 bits per heavy atom. The minimum absolute atomic E-state index is 0. The first-order valence-corrected chi connectivity index (χ1v) is 10.8. The van der Waals surface area contributed by atoms with Gasteiger partial charge < -0.3 is 10.6 Å². The molecule has 6 nitrogen and oxygen atoms in total. The molecule has 0 aromatic carbocycles. The number of carbonyl (C=O) groups excluding carboxylic acids is 1. The highest BCUT2D eigenvalue weighted by Crippen LogP contribution is 2.29. The van der Waals surface area contributed by atoms with Crippen LogP contribution in [0.2, 0.25) is 0 Å². The predicted molar refractivity (Wildman–Crippen MR) is 102 cm³/mol. The number of nitrogens with zero attached hydrogens (tertiary/aromatic N) is 2. The fourth-order valence-corrected chi connectivity index (χ4v) is 6.58. The van der Waals surface area contributed by atoms with E-state index in [0.717, 1.165) is 24.1 Å². The molecule has 2 saturated heterocycles. The number of halogens is 1. The molecule has 0 bridgehead atoms. The third kappa shape index (κ3) is 4.36. The molecule has 1 amide bonds. The van der Waals surface area contributed by atoms with Crippen molar-refractivity contribution in [3.63, 3.8) is 0 Å². The van der Waals surface area contributed by atoms with Crippen LogP contribution < -0.4 is 5.73 Å². The van der Waals surface area contributed by atoms with Gasteiger partial charge in [-0.1, -0.05) is 0 Å². The third-order valence-corrected chi connectivity index (χ3v) is 8.39. The maximum Gasteiger partial charge on any atom is 0.252 e. The molecule has 3 heterocycles. The van der Waals surface area contributed by atoms with Crippen LogP contribution in [-0.4, -0.2) is 55.8 Å². The maximum absolute atomic E-state index is 12.6. The Kier molecular flexibility index (Phi) is 6.89. The van der Waals surface area contributed by atoms with Gasteiger partial charge in [0.2, 0.25) is 5.91 Å². The molecule has 0 saturated carbocycles. The van der Waals surface area contributed by atoms with E-state index in [1.54, 1.807) is 16.4 Å². The van der Waals surface area contributed by atoms with E-state index in [4.69, 9.17) is 5.73 Å². The van der Waals surface area contributed by atoms with Crippen LogP contribution in [0.4, 0.5) is 0 Å². The molecule has 142 valence electrons. The summed E-state index contributed by atoms with van der Waals surface area (Å²) in [6.07, 6.45) is 3.05. The van der Waals surface area contributed by atoms with Crippen LogP contribution >= 0.6 is 23.7 Å². The third-order valence-electron chi connectivity index (χ3n) is 4.94. The van der Waals surface area contributed by atoms with Crippen LogP contribution in [0.5, 0.6) is 0 Å². The lowest BCUT2D eigenvalue weighted by atomic mass is 10.1. The average Bonchev–Trinajstić information content (AvgIpc) is 3.27. The second-order valence-corrected chi connectivity index (χ2v) is 10.1. The summed E-state index contributed by atoms with van der Waals surface area (Å²) in [6, 6.07) is 3.61. The van der Waals surface area contributed by atoms with Crippen molar-refractivity contribution in [2.75, 3.05) is 26.2 Å².